The molecule has 0 bridgehead atoms. The number of hydrogen-bond acceptors (Lipinski definition) is 1. The van der Waals surface area contributed by atoms with Gasteiger partial charge in [0.25, 0.3) is 5.91 Å². The Labute approximate surface area is 107 Å². The third-order valence-corrected chi connectivity index (χ3v) is 3.91. The number of aromatic nitrogens is 1. The predicted octanol–water partition coefficient (Wildman–Crippen LogP) is 3.04. The van der Waals surface area contributed by atoms with Crippen molar-refractivity contribution in [2.75, 3.05) is 13.6 Å². The van der Waals surface area contributed by atoms with Crippen LogP contribution < -0.4 is 0 Å². The van der Waals surface area contributed by atoms with Gasteiger partial charge >= 0.3 is 0 Å². The average Bonchev–Trinajstić information content (AvgIpc) is 2.79. The van der Waals surface area contributed by atoms with E-state index < -0.39 is 0 Å². The summed E-state index contributed by atoms with van der Waals surface area (Å²) in [6.07, 6.45) is 5.76. The van der Waals surface area contributed by atoms with Gasteiger partial charge in [0, 0.05) is 30.9 Å². The van der Waals surface area contributed by atoms with Gasteiger partial charge in [0.05, 0.1) is 0 Å². The van der Waals surface area contributed by atoms with Crippen molar-refractivity contribution in [2.24, 2.45) is 5.92 Å². The lowest BCUT2D eigenvalue weighted by Crippen LogP contribution is -2.34. The molecule has 1 saturated carbocycles. The molecule has 1 aliphatic rings. The maximum Gasteiger partial charge on any atom is 0.253 e. The van der Waals surface area contributed by atoms with Gasteiger partial charge in [-0.15, -0.1) is 0 Å². The molecule has 1 N–H and O–H groups in total. The standard InChI is InChI=1S/C15H18N2O/c1-17(10-11-3-2-4-11)15(18)13-6-5-12-7-8-16-14(12)9-13/h5-9,11,16H,2-4,10H2,1H3. The van der Waals surface area contributed by atoms with Crippen LogP contribution in [0.25, 0.3) is 10.9 Å². The molecule has 18 heavy (non-hydrogen) atoms. The van der Waals surface area contributed by atoms with Crippen LogP contribution in [0.15, 0.2) is 30.5 Å². The number of rotatable bonds is 3. The molecule has 0 saturated heterocycles. The highest BCUT2D eigenvalue weighted by molar-refractivity contribution is 5.97. The van der Waals surface area contributed by atoms with Crippen molar-refractivity contribution in [3.63, 3.8) is 0 Å². The van der Waals surface area contributed by atoms with Gasteiger partial charge in [0.2, 0.25) is 0 Å². The van der Waals surface area contributed by atoms with Crippen LogP contribution in [0.4, 0.5) is 0 Å². The molecule has 1 amide bonds. The SMILES string of the molecule is CN(CC1CCC1)C(=O)c1ccc2cc[nH]c2c1. The van der Waals surface area contributed by atoms with Gasteiger partial charge in [0.1, 0.15) is 0 Å². The maximum absolute atomic E-state index is 12.3. The van der Waals surface area contributed by atoms with Gasteiger partial charge in [-0.1, -0.05) is 12.5 Å². The lowest BCUT2D eigenvalue weighted by atomic mass is 9.85. The number of amides is 1. The Morgan fingerprint density at radius 1 is 1.39 bits per heavy atom. The zero-order valence-electron chi connectivity index (χ0n) is 10.6. The van der Waals surface area contributed by atoms with Crippen molar-refractivity contribution < 1.29 is 4.79 Å². The summed E-state index contributed by atoms with van der Waals surface area (Å²) in [7, 11) is 1.90. The fraction of sp³-hybridized carbons (Fsp3) is 0.400. The Balaban J connectivity index is 1.77. The van der Waals surface area contributed by atoms with E-state index in [0.717, 1.165) is 23.0 Å². The minimum absolute atomic E-state index is 0.124. The minimum atomic E-state index is 0.124. The van der Waals surface area contributed by atoms with Gasteiger partial charge in [-0.3, -0.25) is 4.79 Å². The second kappa shape index (κ2) is 4.48. The van der Waals surface area contributed by atoms with Crippen molar-refractivity contribution in [2.45, 2.75) is 19.3 Å². The first-order valence-electron chi connectivity index (χ1n) is 6.56. The van der Waals surface area contributed by atoms with Crippen LogP contribution in [0.3, 0.4) is 0 Å². The smallest absolute Gasteiger partial charge is 0.253 e. The molecule has 1 aromatic carbocycles. The van der Waals surface area contributed by atoms with E-state index in [1.54, 1.807) is 0 Å². The summed E-state index contributed by atoms with van der Waals surface area (Å²) in [4.78, 5) is 17.3. The number of carbonyl (C=O) groups is 1. The van der Waals surface area contributed by atoms with Crippen molar-refractivity contribution in [1.82, 2.24) is 9.88 Å². The Morgan fingerprint density at radius 3 is 2.94 bits per heavy atom. The van der Waals surface area contributed by atoms with Gasteiger partial charge < -0.3 is 9.88 Å². The molecular weight excluding hydrogens is 224 g/mol. The molecule has 0 atom stereocenters. The predicted molar refractivity (Wildman–Crippen MR) is 72.6 cm³/mol. The summed E-state index contributed by atoms with van der Waals surface area (Å²) >= 11 is 0. The molecular formula is C15H18N2O. The lowest BCUT2D eigenvalue weighted by Gasteiger charge is -2.30. The topological polar surface area (TPSA) is 36.1 Å². The van der Waals surface area contributed by atoms with Crippen molar-refractivity contribution in [3.05, 3.63) is 36.0 Å². The van der Waals surface area contributed by atoms with E-state index in [-0.39, 0.29) is 5.91 Å². The fourth-order valence-electron chi connectivity index (χ4n) is 2.55. The minimum Gasteiger partial charge on any atom is -0.361 e. The summed E-state index contributed by atoms with van der Waals surface area (Å²) in [6.45, 7) is 0.890. The molecule has 1 aromatic heterocycles. The highest BCUT2D eigenvalue weighted by atomic mass is 16.2. The first kappa shape index (κ1) is 11.3. The number of nitrogens with zero attached hydrogens (tertiary/aromatic N) is 1. The third-order valence-electron chi connectivity index (χ3n) is 3.91. The summed E-state index contributed by atoms with van der Waals surface area (Å²) in [5.74, 6) is 0.839. The quantitative estimate of drug-likeness (QED) is 0.882. The van der Waals surface area contributed by atoms with Crippen molar-refractivity contribution in [1.29, 1.82) is 0 Å². The number of hydrogen-bond donors (Lipinski definition) is 1. The molecule has 2 aromatic rings. The van der Waals surface area contributed by atoms with Crippen molar-refractivity contribution in [3.8, 4) is 0 Å². The number of carbonyl (C=O) groups excluding carboxylic acids is 1. The third kappa shape index (κ3) is 2.01. The van der Waals surface area contributed by atoms with E-state index in [1.165, 1.54) is 19.3 Å². The molecule has 0 spiro atoms. The van der Waals surface area contributed by atoms with Crippen LogP contribution in [-0.4, -0.2) is 29.4 Å². The first-order valence-corrected chi connectivity index (χ1v) is 6.56. The Kier molecular flexibility index (Phi) is 2.82. The summed E-state index contributed by atoms with van der Waals surface area (Å²) in [5.41, 5.74) is 1.80. The molecule has 1 heterocycles. The second-order valence-corrected chi connectivity index (χ2v) is 5.26. The van der Waals surface area contributed by atoms with Crippen LogP contribution in [0, 0.1) is 5.92 Å². The summed E-state index contributed by atoms with van der Waals surface area (Å²) in [5, 5.41) is 1.15. The average molecular weight is 242 g/mol. The molecule has 0 unspecified atom stereocenters. The molecule has 1 fully saturated rings. The number of H-pyrrole nitrogens is 1. The van der Waals surface area contributed by atoms with Crippen LogP contribution in [0.2, 0.25) is 0 Å². The molecule has 0 aliphatic heterocycles. The maximum atomic E-state index is 12.3. The van der Waals surface area contributed by atoms with E-state index in [9.17, 15) is 4.79 Å². The van der Waals surface area contributed by atoms with E-state index in [1.807, 2.05) is 42.4 Å². The number of nitrogens with one attached hydrogen (secondary N) is 1. The van der Waals surface area contributed by atoms with Gasteiger partial charge in [-0.2, -0.15) is 0 Å². The highest BCUT2D eigenvalue weighted by Crippen LogP contribution is 2.27. The van der Waals surface area contributed by atoms with E-state index >= 15 is 0 Å². The van der Waals surface area contributed by atoms with Crippen LogP contribution in [0.5, 0.6) is 0 Å². The molecule has 1 aliphatic carbocycles. The highest BCUT2D eigenvalue weighted by Gasteiger charge is 2.22. The molecule has 3 rings (SSSR count). The molecule has 3 heteroatoms. The van der Waals surface area contributed by atoms with E-state index in [0.29, 0.717) is 5.92 Å². The summed E-state index contributed by atoms with van der Waals surface area (Å²) in [6, 6.07) is 7.86. The first-order chi connectivity index (χ1) is 8.74. The summed E-state index contributed by atoms with van der Waals surface area (Å²) < 4.78 is 0. The lowest BCUT2D eigenvalue weighted by molar-refractivity contribution is 0.0745. The second-order valence-electron chi connectivity index (χ2n) is 5.26. The van der Waals surface area contributed by atoms with E-state index in [2.05, 4.69) is 4.98 Å². The van der Waals surface area contributed by atoms with E-state index in [4.69, 9.17) is 0 Å². The zero-order chi connectivity index (χ0) is 12.5. The van der Waals surface area contributed by atoms with Crippen LogP contribution in [0.1, 0.15) is 29.6 Å². The van der Waals surface area contributed by atoms with Crippen LogP contribution >= 0.6 is 0 Å². The van der Waals surface area contributed by atoms with Crippen LogP contribution in [-0.2, 0) is 0 Å². The largest absolute Gasteiger partial charge is 0.361 e. The van der Waals surface area contributed by atoms with Gasteiger partial charge in [-0.25, -0.2) is 0 Å². The molecule has 0 radical (unpaired) electrons. The Hall–Kier alpha value is -1.77. The molecule has 3 nitrogen and oxygen atoms in total. The number of aromatic amines is 1. The monoisotopic (exact) mass is 242 g/mol. The molecule has 94 valence electrons. The normalized spacial score (nSPS) is 15.6. The van der Waals surface area contributed by atoms with Gasteiger partial charge in [-0.05, 0) is 42.3 Å². The number of fused-ring (bicyclic) bond motifs is 1. The van der Waals surface area contributed by atoms with Gasteiger partial charge in [0.15, 0.2) is 0 Å². The van der Waals surface area contributed by atoms with Crippen molar-refractivity contribution >= 4 is 16.8 Å². The Morgan fingerprint density at radius 2 is 2.22 bits per heavy atom. The fourth-order valence-corrected chi connectivity index (χ4v) is 2.55. The number of benzene rings is 1. The zero-order valence-corrected chi connectivity index (χ0v) is 10.6. The Bertz CT molecular complexity index is 569.